The fourth-order valence-corrected chi connectivity index (χ4v) is 0.912. The molecule has 0 spiro atoms. The van der Waals surface area contributed by atoms with Gasteiger partial charge in [0.15, 0.2) is 0 Å². The smallest absolute Gasteiger partial charge is 0.301 e. The van der Waals surface area contributed by atoms with Crippen molar-refractivity contribution >= 4 is 5.97 Å². The maximum Gasteiger partial charge on any atom is 0.345 e. The van der Waals surface area contributed by atoms with Crippen LogP contribution in [-0.4, -0.2) is 11.2 Å². The summed E-state index contributed by atoms with van der Waals surface area (Å²) in [7, 11) is 0. The Morgan fingerprint density at radius 1 is 1.60 bits per heavy atom. The quantitative estimate of drug-likeness (QED) is 0.486. The van der Waals surface area contributed by atoms with Gasteiger partial charge in [-0.25, -0.2) is 4.79 Å². The van der Waals surface area contributed by atoms with Gasteiger partial charge in [-0.3, -0.25) is 0 Å². The van der Waals surface area contributed by atoms with Crippen LogP contribution in [0.2, 0.25) is 0 Å². The van der Waals surface area contributed by atoms with Crippen LogP contribution in [0.4, 0.5) is 0 Å². The van der Waals surface area contributed by atoms with E-state index in [9.17, 15) is 4.79 Å². The summed E-state index contributed by atoms with van der Waals surface area (Å²) < 4.78 is 0. The second kappa shape index (κ2) is 5.23. The Balaban J connectivity index is 3.68. The zero-order chi connectivity index (χ0) is 7.98. The first-order valence-electron chi connectivity index (χ1n) is 3.61. The second-order valence-corrected chi connectivity index (χ2v) is 2.30. The molecular formula is C7H14O3. The molecule has 0 rings (SSSR count). The monoisotopic (exact) mass is 146 g/mol. The summed E-state index contributed by atoms with van der Waals surface area (Å²) in [6.45, 7) is 3.89. The molecule has 1 unspecified atom stereocenters. The van der Waals surface area contributed by atoms with Gasteiger partial charge in [-0.1, -0.05) is 20.3 Å². The highest BCUT2D eigenvalue weighted by Crippen LogP contribution is 2.11. The highest BCUT2D eigenvalue weighted by atomic mass is 17.1. The van der Waals surface area contributed by atoms with Gasteiger partial charge in [-0.15, -0.1) is 0 Å². The summed E-state index contributed by atoms with van der Waals surface area (Å²) in [6, 6.07) is 0. The van der Waals surface area contributed by atoms with Crippen molar-refractivity contribution in [2.45, 2.75) is 33.1 Å². The van der Waals surface area contributed by atoms with Gasteiger partial charge in [0.1, 0.15) is 0 Å². The molecule has 1 N–H and O–H groups in total. The highest BCUT2D eigenvalue weighted by Gasteiger charge is 2.16. The van der Waals surface area contributed by atoms with Crippen LogP contribution in [0.1, 0.15) is 33.1 Å². The molecule has 60 valence electrons. The van der Waals surface area contributed by atoms with Crippen LogP contribution in [0.5, 0.6) is 0 Å². The summed E-state index contributed by atoms with van der Waals surface area (Å²) in [5, 5.41) is 8.01. The van der Waals surface area contributed by atoms with Crippen LogP contribution in [0.3, 0.4) is 0 Å². The minimum absolute atomic E-state index is 0.130. The molecule has 3 nitrogen and oxygen atoms in total. The van der Waals surface area contributed by atoms with E-state index < -0.39 is 5.97 Å². The van der Waals surface area contributed by atoms with E-state index in [1.54, 1.807) is 0 Å². The molecule has 3 heteroatoms. The summed E-state index contributed by atoms with van der Waals surface area (Å²) in [5.74, 6) is -0.639. The molecule has 0 aliphatic carbocycles. The largest absolute Gasteiger partial charge is 0.345 e. The molecule has 0 saturated heterocycles. The molecular weight excluding hydrogens is 132 g/mol. The van der Waals surface area contributed by atoms with Crippen LogP contribution in [0.25, 0.3) is 0 Å². The van der Waals surface area contributed by atoms with E-state index in [0.717, 1.165) is 19.3 Å². The summed E-state index contributed by atoms with van der Waals surface area (Å²) in [5.41, 5.74) is 0. The molecule has 0 aliphatic heterocycles. The molecule has 0 aromatic rings. The van der Waals surface area contributed by atoms with Crippen LogP contribution in [0.15, 0.2) is 0 Å². The molecule has 0 heterocycles. The van der Waals surface area contributed by atoms with Crippen LogP contribution in [0, 0.1) is 5.92 Å². The molecule has 0 aliphatic rings. The first-order chi connectivity index (χ1) is 4.76. The van der Waals surface area contributed by atoms with Crippen molar-refractivity contribution in [3.63, 3.8) is 0 Å². The van der Waals surface area contributed by atoms with Gasteiger partial charge in [0.05, 0.1) is 5.92 Å². The average Bonchev–Trinajstić information content (AvgIpc) is 1.99. The Bertz CT molecular complexity index is 101. The normalized spacial score (nSPS) is 12.7. The number of hydrogen-bond acceptors (Lipinski definition) is 3. The summed E-state index contributed by atoms with van der Waals surface area (Å²) in [4.78, 5) is 14.3. The molecule has 0 radical (unpaired) electrons. The van der Waals surface area contributed by atoms with Gasteiger partial charge in [-0.2, -0.15) is 5.26 Å². The van der Waals surface area contributed by atoms with Crippen molar-refractivity contribution in [3.05, 3.63) is 0 Å². The van der Waals surface area contributed by atoms with Crippen molar-refractivity contribution in [1.29, 1.82) is 0 Å². The predicted molar refractivity (Wildman–Crippen MR) is 37.4 cm³/mol. The van der Waals surface area contributed by atoms with E-state index in [1.807, 2.05) is 13.8 Å². The van der Waals surface area contributed by atoms with E-state index in [1.165, 1.54) is 0 Å². The highest BCUT2D eigenvalue weighted by molar-refractivity contribution is 5.71. The average molecular weight is 146 g/mol. The van der Waals surface area contributed by atoms with Crippen molar-refractivity contribution in [2.24, 2.45) is 5.92 Å². The Hall–Kier alpha value is -0.570. The lowest BCUT2D eigenvalue weighted by molar-refractivity contribution is -0.239. The van der Waals surface area contributed by atoms with Gasteiger partial charge in [-0.05, 0) is 12.8 Å². The minimum Gasteiger partial charge on any atom is -0.301 e. The molecule has 0 aromatic heterocycles. The zero-order valence-corrected chi connectivity index (χ0v) is 6.46. The topological polar surface area (TPSA) is 46.5 Å². The van der Waals surface area contributed by atoms with Crippen molar-refractivity contribution < 1.29 is 14.9 Å². The first-order valence-corrected chi connectivity index (χ1v) is 3.61. The summed E-state index contributed by atoms with van der Waals surface area (Å²) >= 11 is 0. The van der Waals surface area contributed by atoms with Gasteiger partial charge >= 0.3 is 5.97 Å². The lowest BCUT2D eigenvalue weighted by Gasteiger charge is -2.07. The van der Waals surface area contributed by atoms with Crippen molar-refractivity contribution in [2.75, 3.05) is 0 Å². The lowest BCUT2D eigenvalue weighted by Crippen LogP contribution is -2.14. The maximum absolute atomic E-state index is 10.7. The van der Waals surface area contributed by atoms with Crippen molar-refractivity contribution in [3.8, 4) is 0 Å². The van der Waals surface area contributed by atoms with E-state index in [-0.39, 0.29) is 5.92 Å². The third-order valence-corrected chi connectivity index (χ3v) is 1.55. The van der Waals surface area contributed by atoms with Crippen LogP contribution in [-0.2, 0) is 9.68 Å². The van der Waals surface area contributed by atoms with Crippen molar-refractivity contribution in [1.82, 2.24) is 0 Å². The van der Waals surface area contributed by atoms with Gasteiger partial charge in [0.2, 0.25) is 0 Å². The van der Waals surface area contributed by atoms with E-state index >= 15 is 0 Å². The van der Waals surface area contributed by atoms with Crippen LogP contribution < -0.4 is 0 Å². The molecule has 0 saturated carbocycles. The third-order valence-electron chi connectivity index (χ3n) is 1.55. The Morgan fingerprint density at radius 2 is 2.20 bits per heavy atom. The maximum atomic E-state index is 10.7. The summed E-state index contributed by atoms with van der Waals surface area (Å²) in [6.07, 6.45) is 2.46. The molecule has 0 aromatic carbocycles. The van der Waals surface area contributed by atoms with Gasteiger partial charge < -0.3 is 4.89 Å². The molecule has 1 atom stereocenters. The number of carbonyl (C=O) groups excluding carboxylic acids is 1. The lowest BCUT2D eigenvalue weighted by atomic mass is 10.0. The Morgan fingerprint density at radius 3 is 2.50 bits per heavy atom. The first kappa shape index (κ1) is 9.43. The van der Waals surface area contributed by atoms with E-state index in [2.05, 4.69) is 4.89 Å². The number of carbonyl (C=O) groups is 1. The SMILES string of the molecule is CCCC(CC)C(=O)OO. The Labute approximate surface area is 60.9 Å². The fourth-order valence-electron chi connectivity index (χ4n) is 0.912. The molecule has 0 bridgehead atoms. The second-order valence-electron chi connectivity index (χ2n) is 2.30. The molecule has 10 heavy (non-hydrogen) atoms. The number of rotatable bonds is 4. The Kier molecular flexibility index (Phi) is 4.94. The van der Waals surface area contributed by atoms with Gasteiger partial charge in [0.25, 0.3) is 0 Å². The van der Waals surface area contributed by atoms with E-state index in [0.29, 0.717) is 0 Å². The minimum atomic E-state index is -0.510. The van der Waals surface area contributed by atoms with E-state index in [4.69, 9.17) is 5.26 Å². The van der Waals surface area contributed by atoms with Gasteiger partial charge in [0, 0.05) is 0 Å². The molecule has 0 amide bonds. The standard InChI is InChI=1S/C7H14O3/c1-3-5-6(4-2)7(8)10-9/h6,9H,3-5H2,1-2H3. The number of hydrogen-bond donors (Lipinski definition) is 1. The third kappa shape index (κ3) is 2.82. The zero-order valence-electron chi connectivity index (χ0n) is 6.46. The molecule has 0 fully saturated rings. The predicted octanol–water partition coefficient (Wildman–Crippen LogP) is 1.83. The fraction of sp³-hybridized carbons (Fsp3) is 0.857. The van der Waals surface area contributed by atoms with Crippen LogP contribution >= 0.6 is 0 Å².